The van der Waals surface area contributed by atoms with Crippen molar-refractivity contribution in [3.63, 3.8) is 0 Å². The second kappa shape index (κ2) is 5.43. The van der Waals surface area contributed by atoms with Crippen LogP contribution in [0.3, 0.4) is 0 Å². The first-order valence-corrected chi connectivity index (χ1v) is 6.96. The van der Waals surface area contributed by atoms with Crippen LogP contribution in [0.25, 0.3) is 10.8 Å². The number of aromatic amines is 2. The topological polar surface area (TPSA) is 107 Å². The van der Waals surface area contributed by atoms with Gasteiger partial charge in [0.05, 0.1) is 10.8 Å². The first-order valence-electron chi connectivity index (χ1n) is 6.96. The molecule has 0 radical (unpaired) electrons. The number of H-pyrrole nitrogens is 2. The summed E-state index contributed by atoms with van der Waals surface area (Å²) in [6, 6.07) is 4.55. The maximum atomic E-state index is 11.9. The SMILES string of the molecule is O=C(Nc1ccc2c(=O)[nH][nH]c(=O)c2c1)NC1CCCC1. The van der Waals surface area contributed by atoms with Crippen molar-refractivity contribution in [2.75, 3.05) is 5.32 Å². The van der Waals surface area contributed by atoms with Crippen molar-refractivity contribution in [1.29, 1.82) is 0 Å². The number of anilines is 1. The van der Waals surface area contributed by atoms with Crippen molar-refractivity contribution in [3.8, 4) is 0 Å². The molecule has 7 nitrogen and oxygen atoms in total. The normalized spacial score (nSPS) is 15.2. The van der Waals surface area contributed by atoms with Gasteiger partial charge in [-0.3, -0.25) is 19.8 Å². The van der Waals surface area contributed by atoms with Gasteiger partial charge >= 0.3 is 6.03 Å². The minimum absolute atomic E-state index is 0.219. The molecule has 7 heteroatoms. The molecule has 110 valence electrons. The van der Waals surface area contributed by atoms with E-state index in [-0.39, 0.29) is 23.0 Å². The summed E-state index contributed by atoms with van der Waals surface area (Å²) in [5.41, 5.74) is -0.287. The van der Waals surface area contributed by atoms with Crippen LogP contribution in [0.2, 0.25) is 0 Å². The van der Waals surface area contributed by atoms with E-state index >= 15 is 0 Å². The number of rotatable bonds is 2. The van der Waals surface area contributed by atoms with Crippen molar-refractivity contribution in [3.05, 3.63) is 38.9 Å². The van der Waals surface area contributed by atoms with Crippen LogP contribution in [0, 0.1) is 0 Å². The fourth-order valence-electron chi connectivity index (χ4n) is 2.68. The molecule has 0 atom stereocenters. The first kappa shape index (κ1) is 13.4. The standard InChI is InChI=1S/C14H16N4O3/c19-12-10-6-5-9(7-11(10)13(20)18-17-12)16-14(21)15-8-3-1-2-4-8/h5-8H,1-4H2,(H,17,19)(H,18,20)(H2,15,16,21). The Morgan fingerprint density at radius 3 is 2.43 bits per heavy atom. The van der Waals surface area contributed by atoms with E-state index in [2.05, 4.69) is 20.8 Å². The molecule has 1 aromatic heterocycles. The molecule has 0 bridgehead atoms. The highest BCUT2D eigenvalue weighted by Crippen LogP contribution is 2.18. The summed E-state index contributed by atoms with van der Waals surface area (Å²) in [7, 11) is 0. The molecule has 1 aliphatic carbocycles. The van der Waals surface area contributed by atoms with Gasteiger partial charge in [-0.1, -0.05) is 12.8 Å². The van der Waals surface area contributed by atoms with Gasteiger partial charge in [0.25, 0.3) is 11.1 Å². The number of carbonyl (C=O) groups is 1. The maximum Gasteiger partial charge on any atom is 0.319 e. The van der Waals surface area contributed by atoms with Gasteiger partial charge in [-0.15, -0.1) is 0 Å². The predicted molar refractivity (Wildman–Crippen MR) is 79.6 cm³/mol. The number of benzene rings is 1. The van der Waals surface area contributed by atoms with Crippen LogP contribution >= 0.6 is 0 Å². The zero-order valence-electron chi connectivity index (χ0n) is 11.4. The third-order valence-electron chi connectivity index (χ3n) is 3.75. The molecule has 4 N–H and O–H groups in total. The third kappa shape index (κ3) is 2.81. The van der Waals surface area contributed by atoms with Crippen molar-refractivity contribution in [1.82, 2.24) is 15.5 Å². The lowest BCUT2D eigenvalue weighted by atomic mass is 10.2. The maximum absolute atomic E-state index is 11.9. The number of hydrogen-bond acceptors (Lipinski definition) is 3. The van der Waals surface area contributed by atoms with E-state index in [4.69, 9.17) is 0 Å². The zero-order chi connectivity index (χ0) is 14.8. The van der Waals surface area contributed by atoms with Gasteiger partial charge in [0.2, 0.25) is 0 Å². The van der Waals surface area contributed by atoms with Crippen molar-refractivity contribution in [2.24, 2.45) is 0 Å². The molecule has 1 aromatic carbocycles. The van der Waals surface area contributed by atoms with E-state index in [0.29, 0.717) is 11.1 Å². The summed E-state index contributed by atoms with van der Waals surface area (Å²) in [4.78, 5) is 35.1. The monoisotopic (exact) mass is 288 g/mol. The van der Waals surface area contributed by atoms with Crippen LogP contribution in [0.5, 0.6) is 0 Å². The van der Waals surface area contributed by atoms with Gasteiger partial charge in [0.15, 0.2) is 0 Å². The fourth-order valence-corrected chi connectivity index (χ4v) is 2.68. The van der Waals surface area contributed by atoms with Crippen LogP contribution in [0.1, 0.15) is 25.7 Å². The number of urea groups is 1. The largest absolute Gasteiger partial charge is 0.335 e. The van der Waals surface area contributed by atoms with Crippen LogP contribution in [0.15, 0.2) is 27.8 Å². The molecule has 1 aliphatic rings. The molecule has 2 aromatic rings. The summed E-state index contributed by atoms with van der Waals surface area (Å²) in [5, 5.41) is 10.6. The smallest absolute Gasteiger partial charge is 0.319 e. The molecular formula is C14H16N4O3. The highest BCUT2D eigenvalue weighted by atomic mass is 16.2. The first-order chi connectivity index (χ1) is 10.1. The van der Waals surface area contributed by atoms with Crippen LogP contribution < -0.4 is 21.8 Å². The number of nitrogens with one attached hydrogen (secondary N) is 4. The Morgan fingerprint density at radius 2 is 1.71 bits per heavy atom. The Balaban J connectivity index is 1.81. The lowest BCUT2D eigenvalue weighted by molar-refractivity contribution is 0.248. The molecular weight excluding hydrogens is 272 g/mol. The summed E-state index contributed by atoms with van der Waals surface area (Å²) in [5.74, 6) is 0. The number of fused-ring (bicyclic) bond motifs is 1. The van der Waals surface area contributed by atoms with Crippen molar-refractivity contribution >= 4 is 22.5 Å². The lowest BCUT2D eigenvalue weighted by Crippen LogP contribution is -2.36. The summed E-state index contributed by atoms with van der Waals surface area (Å²) >= 11 is 0. The van der Waals surface area contributed by atoms with E-state index < -0.39 is 5.56 Å². The molecule has 1 saturated carbocycles. The second-order valence-corrected chi connectivity index (χ2v) is 5.25. The molecule has 21 heavy (non-hydrogen) atoms. The summed E-state index contributed by atoms with van der Waals surface area (Å²) in [6.07, 6.45) is 4.28. The quantitative estimate of drug-likeness (QED) is 0.668. The van der Waals surface area contributed by atoms with Crippen LogP contribution in [0.4, 0.5) is 10.5 Å². The van der Waals surface area contributed by atoms with E-state index in [1.54, 1.807) is 6.07 Å². The van der Waals surface area contributed by atoms with Gasteiger partial charge in [0, 0.05) is 11.7 Å². The Bertz CT molecular complexity index is 787. The molecule has 3 rings (SSSR count). The molecule has 0 saturated heterocycles. The minimum Gasteiger partial charge on any atom is -0.335 e. The number of amides is 2. The van der Waals surface area contributed by atoms with E-state index in [1.807, 2.05) is 0 Å². The average Bonchev–Trinajstić information content (AvgIpc) is 2.96. The Kier molecular flexibility index (Phi) is 3.47. The van der Waals surface area contributed by atoms with E-state index in [0.717, 1.165) is 25.7 Å². The number of aromatic nitrogens is 2. The minimum atomic E-state index is -0.399. The van der Waals surface area contributed by atoms with E-state index in [9.17, 15) is 14.4 Å². The summed E-state index contributed by atoms with van der Waals surface area (Å²) < 4.78 is 0. The number of carbonyl (C=O) groups excluding carboxylic acids is 1. The van der Waals surface area contributed by atoms with E-state index in [1.165, 1.54) is 12.1 Å². The zero-order valence-corrected chi connectivity index (χ0v) is 11.4. The second-order valence-electron chi connectivity index (χ2n) is 5.25. The lowest BCUT2D eigenvalue weighted by Gasteiger charge is -2.13. The predicted octanol–water partition coefficient (Wildman–Crippen LogP) is 1.28. The molecule has 1 fully saturated rings. The molecule has 0 aliphatic heterocycles. The van der Waals surface area contributed by atoms with Crippen LogP contribution in [-0.2, 0) is 0 Å². The highest BCUT2D eigenvalue weighted by Gasteiger charge is 2.17. The molecule has 2 amide bonds. The van der Waals surface area contributed by atoms with Crippen LogP contribution in [-0.4, -0.2) is 22.3 Å². The Morgan fingerprint density at radius 1 is 1.05 bits per heavy atom. The Hall–Kier alpha value is -2.57. The average molecular weight is 288 g/mol. The summed E-state index contributed by atoms with van der Waals surface area (Å²) in [6.45, 7) is 0. The molecule has 0 spiro atoms. The van der Waals surface area contributed by atoms with Gasteiger partial charge in [0.1, 0.15) is 0 Å². The number of hydrogen-bond donors (Lipinski definition) is 4. The van der Waals surface area contributed by atoms with Gasteiger partial charge in [-0.05, 0) is 31.0 Å². The third-order valence-corrected chi connectivity index (χ3v) is 3.75. The van der Waals surface area contributed by atoms with Crippen molar-refractivity contribution in [2.45, 2.75) is 31.7 Å². The molecule has 1 heterocycles. The fraction of sp³-hybridized carbons (Fsp3) is 0.357. The van der Waals surface area contributed by atoms with Gasteiger partial charge < -0.3 is 10.6 Å². The Labute approximate surface area is 119 Å². The molecule has 0 unspecified atom stereocenters. The highest BCUT2D eigenvalue weighted by molar-refractivity contribution is 5.93. The van der Waals surface area contributed by atoms with Crippen molar-refractivity contribution < 1.29 is 4.79 Å². The van der Waals surface area contributed by atoms with Gasteiger partial charge in [-0.25, -0.2) is 4.79 Å². The van der Waals surface area contributed by atoms with Gasteiger partial charge in [-0.2, -0.15) is 0 Å².